The Morgan fingerprint density at radius 3 is 2.85 bits per heavy atom. The highest BCUT2D eigenvalue weighted by Gasteiger charge is 2.28. The Labute approximate surface area is 81.7 Å². The maximum absolute atomic E-state index is 5.97. The molecule has 0 saturated heterocycles. The lowest BCUT2D eigenvalue weighted by molar-refractivity contribution is 0.887. The molecule has 1 aliphatic carbocycles. The lowest BCUT2D eigenvalue weighted by atomic mass is 10.4. The second-order valence-electron chi connectivity index (χ2n) is 3.24. The Morgan fingerprint density at radius 2 is 2.23 bits per heavy atom. The molecule has 70 valence electrons. The zero-order valence-corrected chi connectivity index (χ0v) is 8.12. The minimum atomic E-state index is 0.346. The molecule has 1 aliphatic rings. The number of nitrogens with two attached hydrogens (primary N) is 1. The molecule has 5 heteroatoms. The van der Waals surface area contributed by atoms with Crippen LogP contribution in [0.15, 0.2) is 6.33 Å². The van der Waals surface area contributed by atoms with E-state index in [9.17, 15) is 0 Å². The van der Waals surface area contributed by atoms with Gasteiger partial charge in [0.05, 0.1) is 0 Å². The van der Waals surface area contributed by atoms with E-state index in [0.717, 1.165) is 5.82 Å². The zero-order valence-electron chi connectivity index (χ0n) is 7.37. The highest BCUT2D eigenvalue weighted by atomic mass is 35.5. The molecule has 0 unspecified atom stereocenters. The third-order valence-electron chi connectivity index (χ3n) is 2.23. The van der Waals surface area contributed by atoms with Gasteiger partial charge in [-0.15, -0.1) is 0 Å². The van der Waals surface area contributed by atoms with Gasteiger partial charge >= 0.3 is 0 Å². The summed E-state index contributed by atoms with van der Waals surface area (Å²) in [5.74, 6) is 1.08. The van der Waals surface area contributed by atoms with Crippen LogP contribution < -0.4 is 10.6 Å². The lowest BCUT2D eigenvalue weighted by Gasteiger charge is -2.18. The summed E-state index contributed by atoms with van der Waals surface area (Å²) in [5.41, 5.74) is 5.57. The number of anilines is 2. The number of nitrogens with zero attached hydrogens (tertiary/aromatic N) is 3. The van der Waals surface area contributed by atoms with Gasteiger partial charge in [-0.05, 0) is 12.8 Å². The Balaban J connectivity index is 2.32. The van der Waals surface area contributed by atoms with E-state index < -0.39 is 0 Å². The molecule has 1 heterocycles. The van der Waals surface area contributed by atoms with E-state index in [-0.39, 0.29) is 0 Å². The van der Waals surface area contributed by atoms with Crippen molar-refractivity contribution < 1.29 is 0 Å². The van der Waals surface area contributed by atoms with E-state index in [4.69, 9.17) is 17.3 Å². The first-order chi connectivity index (χ1) is 6.20. The van der Waals surface area contributed by atoms with Gasteiger partial charge < -0.3 is 10.6 Å². The fourth-order valence-electron chi connectivity index (χ4n) is 1.25. The van der Waals surface area contributed by atoms with Crippen molar-refractivity contribution in [1.82, 2.24) is 9.97 Å². The number of halogens is 1. The van der Waals surface area contributed by atoms with E-state index in [1.807, 2.05) is 7.05 Å². The first-order valence-electron chi connectivity index (χ1n) is 4.19. The first-order valence-corrected chi connectivity index (χ1v) is 4.56. The third-order valence-corrected chi connectivity index (χ3v) is 2.59. The smallest absolute Gasteiger partial charge is 0.153 e. The molecule has 2 rings (SSSR count). The number of aromatic nitrogens is 2. The summed E-state index contributed by atoms with van der Waals surface area (Å²) in [5, 5.41) is 0.455. The van der Waals surface area contributed by atoms with Gasteiger partial charge in [0.25, 0.3) is 0 Å². The van der Waals surface area contributed by atoms with Crippen LogP contribution in [0.4, 0.5) is 11.6 Å². The van der Waals surface area contributed by atoms with Crippen molar-refractivity contribution in [2.45, 2.75) is 18.9 Å². The van der Waals surface area contributed by atoms with E-state index >= 15 is 0 Å². The van der Waals surface area contributed by atoms with Crippen LogP contribution >= 0.6 is 11.6 Å². The minimum absolute atomic E-state index is 0.346. The molecule has 0 atom stereocenters. The number of hydrogen-bond acceptors (Lipinski definition) is 4. The average molecular weight is 199 g/mol. The van der Waals surface area contributed by atoms with Crippen LogP contribution in [0.3, 0.4) is 0 Å². The van der Waals surface area contributed by atoms with Crippen molar-refractivity contribution in [3.8, 4) is 0 Å². The van der Waals surface area contributed by atoms with Gasteiger partial charge in [0.1, 0.15) is 17.2 Å². The van der Waals surface area contributed by atoms with E-state index in [2.05, 4.69) is 14.9 Å². The van der Waals surface area contributed by atoms with Crippen molar-refractivity contribution in [3.63, 3.8) is 0 Å². The molecular formula is C8H11ClN4. The fraction of sp³-hybridized carbons (Fsp3) is 0.500. The molecule has 0 bridgehead atoms. The average Bonchev–Trinajstić information content (AvgIpc) is 2.91. The maximum atomic E-state index is 5.97. The predicted octanol–water partition coefficient (Wildman–Crippen LogP) is 1.31. The molecule has 1 fully saturated rings. The molecule has 0 aliphatic heterocycles. The van der Waals surface area contributed by atoms with Crippen molar-refractivity contribution in [3.05, 3.63) is 11.3 Å². The van der Waals surface area contributed by atoms with Crippen LogP contribution in [0.2, 0.25) is 5.02 Å². The Kier molecular flexibility index (Phi) is 2.00. The summed E-state index contributed by atoms with van der Waals surface area (Å²) in [6.07, 6.45) is 3.85. The van der Waals surface area contributed by atoms with Crippen molar-refractivity contribution in [2.75, 3.05) is 17.7 Å². The predicted molar refractivity (Wildman–Crippen MR) is 52.9 cm³/mol. The molecule has 0 radical (unpaired) electrons. The van der Waals surface area contributed by atoms with Gasteiger partial charge in [-0.25, -0.2) is 9.97 Å². The molecule has 1 saturated carbocycles. The molecule has 2 N–H and O–H groups in total. The van der Waals surface area contributed by atoms with Gasteiger partial charge in [0.15, 0.2) is 5.82 Å². The Bertz CT molecular complexity index is 324. The standard InChI is InChI=1S/C8H11ClN4/c1-13(5-2-3-5)8-6(9)7(10)11-4-12-8/h4-5H,2-3H2,1H3,(H2,10,11,12). The van der Waals surface area contributed by atoms with Crippen LogP contribution in [0.25, 0.3) is 0 Å². The van der Waals surface area contributed by atoms with E-state index in [1.54, 1.807) is 0 Å². The van der Waals surface area contributed by atoms with Crippen LogP contribution in [0, 0.1) is 0 Å². The highest BCUT2D eigenvalue weighted by Crippen LogP contribution is 2.34. The summed E-state index contributed by atoms with van der Waals surface area (Å²) in [7, 11) is 1.98. The molecule has 4 nitrogen and oxygen atoms in total. The number of nitrogen functional groups attached to an aromatic ring is 1. The summed E-state index contributed by atoms with van der Waals surface area (Å²) >= 11 is 5.97. The second kappa shape index (κ2) is 3.03. The minimum Gasteiger partial charge on any atom is -0.382 e. The monoisotopic (exact) mass is 198 g/mol. The maximum Gasteiger partial charge on any atom is 0.153 e. The summed E-state index contributed by atoms with van der Waals surface area (Å²) < 4.78 is 0. The molecule has 0 aromatic carbocycles. The zero-order chi connectivity index (χ0) is 9.42. The quantitative estimate of drug-likeness (QED) is 0.779. The van der Waals surface area contributed by atoms with Crippen LogP contribution in [-0.4, -0.2) is 23.1 Å². The SMILES string of the molecule is CN(c1ncnc(N)c1Cl)C1CC1. The largest absolute Gasteiger partial charge is 0.382 e. The Morgan fingerprint density at radius 1 is 1.54 bits per heavy atom. The lowest BCUT2D eigenvalue weighted by Crippen LogP contribution is -2.21. The molecule has 1 aromatic rings. The molecule has 1 aromatic heterocycles. The molecular weight excluding hydrogens is 188 g/mol. The van der Waals surface area contributed by atoms with E-state index in [0.29, 0.717) is 16.9 Å². The number of rotatable bonds is 2. The highest BCUT2D eigenvalue weighted by molar-refractivity contribution is 6.35. The second-order valence-corrected chi connectivity index (χ2v) is 3.62. The topological polar surface area (TPSA) is 55.0 Å². The number of hydrogen-bond donors (Lipinski definition) is 1. The van der Waals surface area contributed by atoms with Gasteiger partial charge in [-0.2, -0.15) is 0 Å². The van der Waals surface area contributed by atoms with Crippen LogP contribution in [0.5, 0.6) is 0 Å². The van der Waals surface area contributed by atoms with Gasteiger partial charge in [-0.3, -0.25) is 0 Å². The van der Waals surface area contributed by atoms with Gasteiger partial charge in [0.2, 0.25) is 0 Å². The summed E-state index contributed by atoms with van der Waals surface area (Å²) in [6, 6.07) is 0.576. The van der Waals surface area contributed by atoms with Crippen LogP contribution in [-0.2, 0) is 0 Å². The summed E-state index contributed by atoms with van der Waals surface area (Å²) in [4.78, 5) is 9.97. The first kappa shape index (κ1) is 8.56. The molecule has 0 amide bonds. The van der Waals surface area contributed by atoms with Gasteiger partial charge in [-0.1, -0.05) is 11.6 Å². The van der Waals surface area contributed by atoms with Crippen molar-refractivity contribution in [1.29, 1.82) is 0 Å². The van der Waals surface area contributed by atoms with E-state index in [1.165, 1.54) is 19.2 Å². The molecule has 0 spiro atoms. The third kappa shape index (κ3) is 1.54. The molecule has 13 heavy (non-hydrogen) atoms. The van der Waals surface area contributed by atoms with Crippen LogP contribution in [0.1, 0.15) is 12.8 Å². The normalized spacial score (nSPS) is 15.8. The van der Waals surface area contributed by atoms with Gasteiger partial charge in [0, 0.05) is 13.1 Å². The van der Waals surface area contributed by atoms with Crippen molar-refractivity contribution in [2.24, 2.45) is 0 Å². The summed E-state index contributed by atoms with van der Waals surface area (Å²) in [6.45, 7) is 0. The Hall–Kier alpha value is -1.03. The fourth-order valence-corrected chi connectivity index (χ4v) is 1.49. The van der Waals surface area contributed by atoms with Crippen molar-refractivity contribution >= 4 is 23.2 Å².